The zero-order valence-corrected chi connectivity index (χ0v) is 18.7. The molecule has 3 aromatic carbocycles. The van der Waals surface area contributed by atoms with E-state index in [-0.39, 0.29) is 33.9 Å². The minimum absolute atomic E-state index is 0.0139. The molecule has 0 saturated heterocycles. The minimum Gasteiger partial charge on any atom is -0.481 e. The van der Waals surface area contributed by atoms with Crippen molar-refractivity contribution in [2.24, 2.45) is 0 Å². The Balaban J connectivity index is 1.95. The second-order valence-corrected chi connectivity index (χ2v) is 7.69. The molecule has 36 heavy (non-hydrogen) atoms. The molecule has 0 aliphatic carbocycles. The zero-order valence-electron chi connectivity index (χ0n) is 18.7. The van der Waals surface area contributed by atoms with Gasteiger partial charge in [-0.3, -0.25) is 4.79 Å². The van der Waals surface area contributed by atoms with Crippen LogP contribution in [-0.4, -0.2) is 38.1 Å². The number of carboxylic acids is 2. The summed E-state index contributed by atoms with van der Waals surface area (Å²) in [5.74, 6) is -4.16. The van der Waals surface area contributed by atoms with E-state index in [2.05, 4.69) is 9.97 Å². The highest BCUT2D eigenvalue weighted by atomic mass is 19.1. The second kappa shape index (κ2) is 10.6. The van der Waals surface area contributed by atoms with Crippen LogP contribution in [0.25, 0.3) is 22.5 Å². The van der Waals surface area contributed by atoms with Crippen LogP contribution in [0.3, 0.4) is 0 Å². The molecular formula is C27H19FN2O6. The fourth-order valence-electron chi connectivity index (χ4n) is 3.61. The summed E-state index contributed by atoms with van der Waals surface area (Å²) in [4.78, 5) is 45.7. The third-order valence-electron chi connectivity index (χ3n) is 5.20. The number of ether oxygens (including phenoxy) is 1. The molecule has 0 spiro atoms. The highest BCUT2D eigenvalue weighted by molar-refractivity contribution is 5.92. The molecule has 180 valence electrons. The van der Waals surface area contributed by atoms with Crippen LogP contribution in [0, 0.1) is 5.82 Å². The molecule has 9 heteroatoms. The Morgan fingerprint density at radius 3 is 2.00 bits per heavy atom. The molecule has 0 fully saturated rings. The van der Waals surface area contributed by atoms with Crippen molar-refractivity contribution in [3.05, 3.63) is 108 Å². The summed E-state index contributed by atoms with van der Waals surface area (Å²) >= 11 is 0. The number of carboxylic acid groups (broad SMARTS) is 2. The average molecular weight is 486 g/mol. The second-order valence-electron chi connectivity index (χ2n) is 7.69. The van der Waals surface area contributed by atoms with Gasteiger partial charge < -0.3 is 14.9 Å². The molecule has 0 bridgehead atoms. The maximum atomic E-state index is 13.7. The number of esters is 1. The molecule has 1 heterocycles. The van der Waals surface area contributed by atoms with E-state index < -0.39 is 36.2 Å². The lowest BCUT2D eigenvalue weighted by Crippen LogP contribution is -2.23. The lowest BCUT2D eigenvalue weighted by atomic mass is 9.96. The highest BCUT2D eigenvalue weighted by Crippen LogP contribution is 2.34. The Morgan fingerprint density at radius 1 is 0.806 bits per heavy atom. The van der Waals surface area contributed by atoms with Crippen molar-refractivity contribution in [2.75, 3.05) is 0 Å². The van der Waals surface area contributed by atoms with Gasteiger partial charge in [-0.2, -0.15) is 0 Å². The number of aliphatic carboxylic acids is 2. The van der Waals surface area contributed by atoms with Crippen molar-refractivity contribution >= 4 is 17.9 Å². The molecule has 4 aromatic rings. The van der Waals surface area contributed by atoms with Crippen LogP contribution in [0.1, 0.15) is 27.8 Å². The van der Waals surface area contributed by atoms with E-state index in [4.69, 9.17) is 4.74 Å². The number of carbonyl (C=O) groups excluding carboxylic acids is 1. The molecule has 8 nitrogen and oxygen atoms in total. The van der Waals surface area contributed by atoms with Gasteiger partial charge in [-0.25, -0.2) is 23.9 Å². The van der Waals surface area contributed by atoms with Gasteiger partial charge in [-0.15, -0.1) is 0 Å². The molecular weight excluding hydrogens is 467 g/mol. The maximum absolute atomic E-state index is 13.7. The first-order valence-electron chi connectivity index (χ1n) is 10.8. The van der Waals surface area contributed by atoms with Gasteiger partial charge in [0, 0.05) is 11.1 Å². The number of hydrogen-bond donors (Lipinski definition) is 2. The van der Waals surface area contributed by atoms with Crippen LogP contribution < -0.4 is 0 Å². The van der Waals surface area contributed by atoms with E-state index in [9.17, 15) is 29.0 Å². The Hall–Kier alpha value is -4.92. The Morgan fingerprint density at radius 2 is 1.42 bits per heavy atom. The van der Waals surface area contributed by atoms with Gasteiger partial charge in [0.1, 0.15) is 11.5 Å². The van der Waals surface area contributed by atoms with E-state index in [0.717, 1.165) is 12.1 Å². The smallest absolute Gasteiger partial charge is 0.351 e. The first kappa shape index (κ1) is 24.2. The predicted octanol–water partition coefficient (Wildman–Crippen LogP) is 4.56. The Kier molecular flexibility index (Phi) is 7.10. The molecule has 2 N–H and O–H groups in total. The molecule has 0 saturated carbocycles. The summed E-state index contributed by atoms with van der Waals surface area (Å²) in [6.45, 7) is 0. The third-order valence-corrected chi connectivity index (χ3v) is 5.20. The van der Waals surface area contributed by atoms with Gasteiger partial charge in [0.25, 0.3) is 0 Å². The summed E-state index contributed by atoms with van der Waals surface area (Å²) in [5.41, 5.74) is 0.669. The van der Waals surface area contributed by atoms with E-state index in [1.807, 2.05) is 0 Å². The van der Waals surface area contributed by atoms with E-state index in [1.165, 1.54) is 24.3 Å². The Bertz CT molecular complexity index is 1410. The molecule has 1 aromatic heterocycles. The number of aromatic nitrogens is 2. The first-order valence-corrected chi connectivity index (χ1v) is 10.8. The van der Waals surface area contributed by atoms with Crippen molar-refractivity contribution in [2.45, 2.75) is 12.5 Å². The van der Waals surface area contributed by atoms with Crippen LogP contribution >= 0.6 is 0 Å². The lowest BCUT2D eigenvalue weighted by Gasteiger charge is -2.20. The monoisotopic (exact) mass is 486 g/mol. The van der Waals surface area contributed by atoms with Gasteiger partial charge in [0.15, 0.2) is 5.82 Å². The summed E-state index contributed by atoms with van der Waals surface area (Å²) in [6.07, 6.45) is -2.49. The van der Waals surface area contributed by atoms with Crippen molar-refractivity contribution < 1.29 is 33.7 Å². The normalized spacial score (nSPS) is 11.5. The van der Waals surface area contributed by atoms with Gasteiger partial charge in [0.05, 0.1) is 17.7 Å². The van der Waals surface area contributed by atoms with Gasteiger partial charge in [-0.1, -0.05) is 60.7 Å². The van der Waals surface area contributed by atoms with Crippen molar-refractivity contribution in [1.82, 2.24) is 9.97 Å². The molecule has 1 atom stereocenters. The van der Waals surface area contributed by atoms with Gasteiger partial charge in [0.2, 0.25) is 6.10 Å². The van der Waals surface area contributed by atoms with Crippen molar-refractivity contribution in [3.63, 3.8) is 0 Å². The minimum atomic E-state index is -1.91. The largest absolute Gasteiger partial charge is 0.481 e. The average Bonchev–Trinajstić information content (AvgIpc) is 2.88. The fourth-order valence-corrected chi connectivity index (χ4v) is 3.61. The number of carbonyl (C=O) groups is 3. The molecule has 0 aliphatic rings. The molecule has 0 radical (unpaired) electrons. The van der Waals surface area contributed by atoms with Crippen molar-refractivity contribution in [1.29, 1.82) is 0 Å². The summed E-state index contributed by atoms with van der Waals surface area (Å²) in [5, 5.41) is 19.6. The van der Waals surface area contributed by atoms with Gasteiger partial charge >= 0.3 is 17.9 Å². The Labute approximate surface area is 204 Å². The summed E-state index contributed by atoms with van der Waals surface area (Å²) in [6, 6.07) is 21.3. The number of hydrogen-bond acceptors (Lipinski definition) is 6. The van der Waals surface area contributed by atoms with E-state index in [0.29, 0.717) is 5.56 Å². The quantitative estimate of drug-likeness (QED) is 0.347. The number of nitrogens with zero attached hydrogens (tertiary/aromatic N) is 2. The number of rotatable bonds is 8. The molecule has 0 amide bonds. The molecule has 1 unspecified atom stereocenters. The molecule has 4 rings (SSSR count). The zero-order chi connectivity index (χ0) is 25.7. The van der Waals surface area contributed by atoms with E-state index >= 15 is 0 Å². The van der Waals surface area contributed by atoms with Gasteiger partial charge in [-0.05, 0) is 29.8 Å². The maximum Gasteiger partial charge on any atom is 0.351 e. The van der Waals surface area contributed by atoms with E-state index in [1.54, 1.807) is 48.5 Å². The predicted molar refractivity (Wildman–Crippen MR) is 126 cm³/mol. The summed E-state index contributed by atoms with van der Waals surface area (Å²) in [7, 11) is 0. The van der Waals surface area contributed by atoms with Crippen LogP contribution in [0.5, 0.6) is 0 Å². The van der Waals surface area contributed by atoms with Crippen LogP contribution in [0.15, 0.2) is 84.9 Å². The number of benzene rings is 3. The topological polar surface area (TPSA) is 127 Å². The SMILES string of the molecule is O=C(O)Cc1nc(-c2ccccc2)nc(C(OC(=O)c2ccccc2)C(=O)O)c1-c1ccc(F)cc1. The van der Waals surface area contributed by atoms with Crippen LogP contribution in [0.4, 0.5) is 4.39 Å². The highest BCUT2D eigenvalue weighted by Gasteiger charge is 2.32. The van der Waals surface area contributed by atoms with Crippen LogP contribution in [-0.2, 0) is 20.7 Å². The fraction of sp³-hybridized carbons (Fsp3) is 0.0741. The lowest BCUT2D eigenvalue weighted by molar-refractivity contribution is -0.147. The van der Waals surface area contributed by atoms with Crippen LogP contribution in [0.2, 0.25) is 0 Å². The van der Waals surface area contributed by atoms with Crippen molar-refractivity contribution in [3.8, 4) is 22.5 Å². The molecule has 0 aliphatic heterocycles. The third kappa shape index (κ3) is 5.41. The summed E-state index contributed by atoms with van der Waals surface area (Å²) < 4.78 is 19.0. The standard InChI is InChI=1S/C27H19FN2O6/c28-19-13-11-16(12-14-19)22-20(15-21(31)32)29-25(17-7-3-1-4-8-17)30-23(22)24(26(33)34)36-27(35)18-9-5-2-6-10-18/h1-14,24H,15H2,(H,31,32)(H,33,34). The first-order chi connectivity index (χ1) is 17.3. The number of halogens is 1.